The van der Waals surface area contributed by atoms with Crippen LogP contribution >= 0.6 is 31.9 Å². The van der Waals surface area contributed by atoms with E-state index in [1.54, 1.807) is 6.92 Å². The number of nitrogens with two attached hydrogens (primary N) is 1. The monoisotopic (exact) mass is 360 g/mol. The third-order valence-electron chi connectivity index (χ3n) is 2.00. The van der Waals surface area contributed by atoms with E-state index in [1.807, 2.05) is 18.2 Å². The predicted molar refractivity (Wildman–Crippen MR) is 72.0 cm³/mol. The van der Waals surface area contributed by atoms with Gasteiger partial charge in [-0.05, 0) is 41.1 Å². The topological polar surface area (TPSA) is 77.0 Å². The zero-order valence-corrected chi connectivity index (χ0v) is 12.1. The number of benzene rings is 1. The number of hydrogen-bond donors (Lipinski definition) is 2. The van der Waals surface area contributed by atoms with Crippen LogP contribution in [-0.2, 0) is 0 Å². The Bertz CT molecular complexity index is 527. The van der Waals surface area contributed by atoms with Gasteiger partial charge in [0.2, 0.25) is 5.89 Å². The first-order valence-corrected chi connectivity index (χ1v) is 6.46. The van der Waals surface area contributed by atoms with E-state index in [0.29, 0.717) is 11.9 Å². The molecule has 1 aromatic heterocycles. The Kier molecular flexibility index (Phi) is 3.80. The van der Waals surface area contributed by atoms with Gasteiger partial charge < -0.3 is 15.5 Å². The van der Waals surface area contributed by atoms with Crippen molar-refractivity contribution >= 4 is 43.6 Å². The van der Waals surface area contributed by atoms with Crippen molar-refractivity contribution < 1.29 is 4.42 Å². The molecule has 5 nitrogen and oxygen atoms in total. The number of nitrogens with one attached hydrogen (secondary N) is 1. The zero-order chi connectivity index (χ0) is 12.4. The fourth-order valence-electron chi connectivity index (χ4n) is 1.18. The predicted octanol–water partition coefficient (Wildman–Crippen LogP) is 3.36. The summed E-state index contributed by atoms with van der Waals surface area (Å²) in [5.41, 5.74) is 6.47. The summed E-state index contributed by atoms with van der Waals surface area (Å²) in [6.45, 7) is 1.78. The SMILES string of the molecule is CC(N)c1nnc(Nc2ccc(Br)cc2Br)o1. The van der Waals surface area contributed by atoms with E-state index >= 15 is 0 Å². The van der Waals surface area contributed by atoms with Crippen molar-refractivity contribution in [2.45, 2.75) is 13.0 Å². The minimum Gasteiger partial charge on any atom is -0.406 e. The molecule has 1 unspecified atom stereocenters. The van der Waals surface area contributed by atoms with Gasteiger partial charge in [0.25, 0.3) is 0 Å². The Morgan fingerprint density at radius 2 is 2.12 bits per heavy atom. The first-order valence-electron chi connectivity index (χ1n) is 4.87. The smallest absolute Gasteiger partial charge is 0.320 e. The molecule has 1 atom stereocenters. The van der Waals surface area contributed by atoms with E-state index in [9.17, 15) is 0 Å². The Morgan fingerprint density at radius 1 is 1.35 bits per heavy atom. The van der Waals surface area contributed by atoms with E-state index in [0.717, 1.165) is 14.6 Å². The lowest BCUT2D eigenvalue weighted by atomic mass is 10.3. The lowest BCUT2D eigenvalue weighted by molar-refractivity contribution is 0.475. The van der Waals surface area contributed by atoms with E-state index in [-0.39, 0.29) is 6.04 Å². The lowest BCUT2D eigenvalue weighted by Crippen LogP contribution is -2.04. The molecule has 0 saturated heterocycles. The van der Waals surface area contributed by atoms with Gasteiger partial charge in [0.15, 0.2) is 0 Å². The van der Waals surface area contributed by atoms with Gasteiger partial charge in [0.1, 0.15) is 0 Å². The minimum atomic E-state index is -0.272. The third-order valence-corrected chi connectivity index (χ3v) is 3.15. The Balaban J connectivity index is 2.19. The van der Waals surface area contributed by atoms with E-state index in [2.05, 4.69) is 47.4 Å². The Morgan fingerprint density at radius 3 is 2.71 bits per heavy atom. The molecular weight excluding hydrogens is 352 g/mol. The Hall–Kier alpha value is -0.920. The number of hydrogen-bond acceptors (Lipinski definition) is 5. The normalized spacial score (nSPS) is 12.5. The summed E-state index contributed by atoms with van der Waals surface area (Å²) in [4.78, 5) is 0. The van der Waals surface area contributed by atoms with Crippen molar-refractivity contribution in [3.63, 3.8) is 0 Å². The van der Waals surface area contributed by atoms with Gasteiger partial charge >= 0.3 is 6.01 Å². The summed E-state index contributed by atoms with van der Waals surface area (Å²) in [6.07, 6.45) is 0. The van der Waals surface area contributed by atoms with Crippen molar-refractivity contribution in [1.82, 2.24) is 10.2 Å². The lowest BCUT2D eigenvalue weighted by Gasteiger charge is -2.04. The van der Waals surface area contributed by atoms with E-state index in [1.165, 1.54) is 0 Å². The molecule has 1 aromatic carbocycles. The molecule has 0 aliphatic carbocycles. The molecule has 0 aliphatic heterocycles. The molecule has 2 aromatic rings. The number of anilines is 2. The quantitative estimate of drug-likeness (QED) is 0.876. The maximum Gasteiger partial charge on any atom is 0.320 e. The fourth-order valence-corrected chi connectivity index (χ4v) is 2.32. The van der Waals surface area contributed by atoms with Crippen LogP contribution in [0.5, 0.6) is 0 Å². The van der Waals surface area contributed by atoms with Crippen LogP contribution in [0.15, 0.2) is 31.6 Å². The summed E-state index contributed by atoms with van der Waals surface area (Å²) < 4.78 is 7.22. The van der Waals surface area contributed by atoms with Gasteiger partial charge in [-0.25, -0.2) is 0 Å². The van der Waals surface area contributed by atoms with E-state index in [4.69, 9.17) is 10.2 Å². The molecule has 0 fully saturated rings. The molecule has 7 heteroatoms. The van der Waals surface area contributed by atoms with Gasteiger partial charge in [-0.15, -0.1) is 5.10 Å². The maximum atomic E-state index is 5.63. The highest BCUT2D eigenvalue weighted by Crippen LogP contribution is 2.28. The summed E-state index contributed by atoms with van der Waals surface area (Å²) in [5, 5.41) is 10.7. The number of aromatic nitrogens is 2. The van der Waals surface area contributed by atoms with Crippen LogP contribution in [0, 0.1) is 0 Å². The first kappa shape index (κ1) is 12.5. The Labute approximate surface area is 115 Å². The largest absolute Gasteiger partial charge is 0.406 e. The molecule has 0 bridgehead atoms. The highest BCUT2D eigenvalue weighted by Gasteiger charge is 2.10. The van der Waals surface area contributed by atoms with Crippen molar-refractivity contribution in [3.05, 3.63) is 33.0 Å². The van der Waals surface area contributed by atoms with Crippen LogP contribution in [0.1, 0.15) is 18.9 Å². The molecule has 2 rings (SSSR count). The molecule has 0 saturated carbocycles. The average molecular weight is 362 g/mol. The van der Waals surface area contributed by atoms with Crippen molar-refractivity contribution in [3.8, 4) is 0 Å². The molecular formula is C10H10Br2N4O. The van der Waals surface area contributed by atoms with Gasteiger partial charge in [-0.3, -0.25) is 0 Å². The second-order valence-corrected chi connectivity index (χ2v) is 5.25. The third kappa shape index (κ3) is 3.05. The van der Waals surface area contributed by atoms with Crippen LogP contribution in [0.4, 0.5) is 11.7 Å². The van der Waals surface area contributed by atoms with Crippen LogP contribution in [0.25, 0.3) is 0 Å². The maximum absolute atomic E-state index is 5.63. The number of nitrogens with zero attached hydrogens (tertiary/aromatic N) is 2. The standard InChI is InChI=1S/C10H10Br2N4O/c1-5(13)9-15-16-10(17-9)14-8-3-2-6(11)4-7(8)12/h2-5H,13H2,1H3,(H,14,16). The minimum absolute atomic E-state index is 0.272. The summed E-state index contributed by atoms with van der Waals surface area (Å²) in [7, 11) is 0. The van der Waals surface area contributed by atoms with Crippen molar-refractivity contribution in [1.29, 1.82) is 0 Å². The van der Waals surface area contributed by atoms with Crippen LogP contribution in [0.3, 0.4) is 0 Å². The summed E-state index contributed by atoms with van der Waals surface area (Å²) in [5.74, 6) is 0.403. The highest BCUT2D eigenvalue weighted by atomic mass is 79.9. The van der Waals surface area contributed by atoms with E-state index < -0.39 is 0 Å². The van der Waals surface area contributed by atoms with Crippen LogP contribution in [0.2, 0.25) is 0 Å². The van der Waals surface area contributed by atoms with Gasteiger partial charge in [0, 0.05) is 8.95 Å². The highest BCUT2D eigenvalue weighted by molar-refractivity contribution is 9.11. The van der Waals surface area contributed by atoms with Gasteiger partial charge in [-0.2, -0.15) is 0 Å². The second kappa shape index (κ2) is 5.16. The second-order valence-electron chi connectivity index (χ2n) is 3.48. The van der Waals surface area contributed by atoms with Gasteiger partial charge in [0.05, 0.1) is 11.7 Å². The first-order chi connectivity index (χ1) is 8.06. The number of halogens is 2. The average Bonchev–Trinajstić information content (AvgIpc) is 2.71. The summed E-state index contributed by atoms with van der Waals surface area (Å²) in [6, 6.07) is 5.78. The fraction of sp³-hybridized carbons (Fsp3) is 0.200. The molecule has 0 amide bonds. The summed E-state index contributed by atoms with van der Waals surface area (Å²) >= 11 is 6.81. The van der Waals surface area contributed by atoms with Crippen LogP contribution in [-0.4, -0.2) is 10.2 Å². The van der Waals surface area contributed by atoms with Gasteiger partial charge in [-0.1, -0.05) is 21.0 Å². The molecule has 1 heterocycles. The molecule has 0 aliphatic rings. The molecule has 0 spiro atoms. The molecule has 17 heavy (non-hydrogen) atoms. The number of rotatable bonds is 3. The molecule has 3 N–H and O–H groups in total. The van der Waals surface area contributed by atoms with Crippen LogP contribution < -0.4 is 11.1 Å². The van der Waals surface area contributed by atoms with Crippen molar-refractivity contribution in [2.24, 2.45) is 5.73 Å². The molecule has 90 valence electrons. The van der Waals surface area contributed by atoms with Crippen molar-refractivity contribution in [2.75, 3.05) is 5.32 Å². The zero-order valence-electron chi connectivity index (χ0n) is 8.95. The molecule has 0 radical (unpaired) electrons.